The molecule has 1 heterocycles. The first-order valence-electron chi connectivity index (χ1n) is 8.86. The summed E-state index contributed by atoms with van der Waals surface area (Å²) in [6.07, 6.45) is 5.09. The summed E-state index contributed by atoms with van der Waals surface area (Å²) in [4.78, 5) is 12.1. The number of carbonyl (C=O) groups excluding carboxylic acids is 1. The lowest BCUT2D eigenvalue weighted by molar-refractivity contribution is -0.111. The first-order chi connectivity index (χ1) is 12.7. The number of anilines is 1. The summed E-state index contributed by atoms with van der Waals surface area (Å²) >= 11 is 0. The zero-order chi connectivity index (χ0) is 18.2. The zero-order valence-corrected chi connectivity index (χ0v) is 14.9. The van der Waals surface area contributed by atoms with Crippen LogP contribution in [0.4, 0.5) is 5.69 Å². The molecule has 1 aliphatic rings. The highest BCUT2D eigenvalue weighted by molar-refractivity contribution is 6.02. The molecule has 5 nitrogen and oxygen atoms in total. The van der Waals surface area contributed by atoms with Crippen LogP contribution in [-0.4, -0.2) is 25.7 Å². The minimum absolute atomic E-state index is 0.203. The highest BCUT2D eigenvalue weighted by Gasteiger charge is 2.11. The van der Waals surface area contributed by atoms with E-state index in [0.717, 1.165) is 24.2 Å². The molecule has 1 N–H and O–H groups in total. The first-order valence-corrected chi connectivity index (χ1v) is 8.86. The molecule has 0 fully saturated rings. The Labute approximate surface area is 153 Å². The Morgan fingerprint density at radius 3 is 2.65 bits per heavy atom. The van der Waals surface area contributed by atoms with E-state index in [4.69, 9.17) is 14.2 Å². The van der Waals surface area contributed by atoms with Crippen LogP contribution in [0.3, 0.4) is 0 Å². The maximum atomic E-state index is 12.1. The van der Waals surface area contributed by atoms with Crippen molar-refractivity contribution in [2.24, 2.45) is 0 Å². The Kier molecular flexibility index (Phi) is 6.14. The molecule has 0 atom stereocenters. The third-order valence-electron chi connectivity index (χ3n) is 3.80. The van der Waals surface area contributed by atoms with E-state index in [1.54, 1.807) is 18.2 Å². The minimum Gasteiger partial charge on any atom is -0.494 e. The summed E-state index contributed by atoms with van der Waals surface area (Å²) in [5.74, 6) is 2.00. The van der Waals surface area contributed by atoms with Crippen LogP contribution in [0.25, 0.3) is 6.08 Å². The Morgan fingerprint density at radius 2 is 1.88 bits per heavy atom. The molecule has 3 rings (SSSR count). The lowest BCUT2D eigenvalue weighted by Crippen LogP contribution is -2.08. The molecule has 136 valence electrons. The number of hydrogen-bond donors (Lipinski definition) is 1. The smallest absolute Gasteiger partial charge is 0.248 e. The van der Waals surface area contributed by atoms with Crippen molar-refractivity contribution in [3.05, 3.63) is 54.1 Å². The van der Waals surface area contributed by atoms with Crippen LogP contribution in [-0.2, 0) is 4.79 Å². The summed E-state index contributed by atoms with van der Waals surface area (Å²) < 4.78 is 16.8. The molecule has 0 saturated heterocycles. The van der Waals surface area contributed by atoms with Crippen LogP contribution in [0, 0.1) is 0 Å². The van der Waals surface area contributed by atoms with Gasteiger partial charge in [0.25, 0.3) is 0 Å². The van der Waals surface area contributed by atoms with Crippen LogP contribution in [0.15, 0.2) is 48.5 Å². The second-order valence-corrected chi connectivity index (χ2v) is 5.95. The number of amides is 1. The standard InChI is InChI=1S/C21H23NO4/c1-2-12-24-18-8-4-16(5-9-18)6-11-21(23)22-17-7-10-19-20(15-17)26-14-3-13-25-19/h4-11,15H,2-3,12-14H2,1H3,(H,22,23). The summed E-state index contributed by atoms with van der Waals surface area (Å²) in [7, 11) is 0. The molecule has 1 amide bonds. The molecule has 0 saturated carbocycles. The number of rotatable bonds is 6. The predicted molar refractivity (Wildman–Crippen MR) is 102 cm³/mol. The van der Waals surface area contributed by atoms with Crippen molar-refractivity contribution >= 4 is 17.7 Å². The average Bonchev–Trinajstić information content (AvgIpc) is 2.90. The van der Waals surface area contributed by atoms with Gasteiger partial charge in [-0.3, -0.25) is 4.79 Å². The van der Waals surface area contributed by atoms with Gasteiger partial charge in [0.15, 0.2) is 11.5 Å². The van der Waals surface area contributed by atoms with E-state index in [1.165, 1.54) is 6.08 Å². The molecule has 0 unspecified atom stereocenters. The van der Waals surface area contributed by atoms with Crippen LogP contribution in [0.5, 0.6) is 17.2 Å². The number of ether oxygens (including phenoxy) is 3. The molecule has 26 heavy (non-hydrogen) atoms. The van der Waals surface area contributed by atoms with E-state index in [-0.39, 0.29) is 5.91 Å². The van der Waals surface area contributed by atoms with Crippen molar-refractivity contribution < 1.29 is 19.0 Å². The summed E-state index contributed by atoms with van der Waals surface area (Å²) in [6, 6.07) is 13.0. The molecule has 2 aromatic rings. The minimum atomic E-state index is -0.203. The molecule has 5 heteroatoms. The van der Waals surface area contributed by atoms with Gasteiger partial charge in [-0.15, -0.1) is 0 Å². The molecule has 0 bridgehead atoms. The third-order valence-corrected chi connectivity index (χ3v) is 3.80. The Hall–Kier alpha value is -2.95. The van der Waals surface area contributed by atoms with Crippen LogP contribution < -0.4 is 19.5 Å². The Balaban J connectivity index is 1.58. The van der Waals surface area contributed by atoms with Gasteiger partial charge in [0.05, 0.1) is 19.8 Å². The van der Waals surface area contributed by atoms with Crippen LogP contribution in [0.1, 0.15) is 25.3 Å². The van der Waals surface area contributed by atoms with E-state index in [0.29, 0.717) is 37.0 Å². The highest BCUT2D eigenvalue weighted by Crippen LogP contribution is 2.32. The van der Waals surface area contributed by atoms with E-state index in [1.807, 2.05) is 30.3 Å². The van der Waals surface area contributed by atoms with E-state index < -0.39 is 0 Å². The number of carbonyl (C=O) groups is 1. The maximum absolute atomic E-state index is 12.1. The van der Waals surface area contributed by atoms with Crippen molar-refractivity contribution in [2.45, 2.75) is 19.8 Å². The molecule has 1 aliphatic heterocycles. The summed E-state index contributed by atoms with van der Waals surface area (Å²) in [5.41, 5.74) is 1.61. The van der Waals surface area contributed by atoms with Crippen LogP contribution >= 0.6 is 0 Å². The number of fused-ring (bicyclic) bond motifs is 1. The molecular weight excluding hydrogens is 330 g/mol. The van der Waals surface area contributed by atoms with Gasteiger partial charge >= 0.3 is 0 Å². The number of benzene rings is 2. The quantitative estimate of drug-likeness (QED) is 0.787. The van der Waals surface area contributed by atoms with E-state index >= 15 is 0 Å². The lowest BCUT2D eigenvalue weighted by Gasteiger charge is -2.09. The van der Waals surface area contributed by atoms with E-state index in [9.17, 15) is 4.79 Å². The maximum Gasteiger partial charge on any atom is 0.248 e. The summed E-state index contributed by atoms with van der Waals surface area (Å²) in [6.45, 7) is 4.03. The van der Waals surface area contributed by atoms with Crippen molar-refractivity contribution in [1.82, 2.24) is 0 Å². The van der Waals surface area contributed by atoms with Crippen molar-refractivity contribution in [3.8, 4) is 17.2 Å². The first kappa shape index (κ1) is 17.9. The van der Waals surface area contributed by atoms with Gasteiger partial charge < -0.3 is 19.5 Å². The summed E-state index contributed by atoms with van der Waals surface area (Å²) in [5, 5.41) is 2.84. The predicted octanol–water partition coefficient (Wildman–Crippen LogP) is 4.29. The second-order valence-electron chi connectivity index (χ2n) is 5.95. The normalized spacial score (nSPS) is 13.3. The highest BCUT2D eigenvalue weighted by atomic mass is 16.5. The average molecular weight is 353 g/mol. The molecule has 0 aliphatic carbocycles. The fourth-order valence-electron chi connectivity index (χ4n) is 2.49. The SMILES string of the molecule is CCCOc1ccc(C=CC(=O)Nc2ccc3c(c2)OCCCO3)cc1. The van der Waals surface area contributed by atoms with Crippen molar-refractivity contribution in [3.63, 3.8) is 0 Å². The van der Waals surface area contributed by atoms with Gasteiger partial charge in [0.2, 0.25) is 5.91 Å². The number of hydrogen-bond acceptors (Lipinski definition) is 4. The lowest BCUT2D eigenvalue weighted by atomic mass is 10.2. The molecule has 0 radical (unpaired) electrons. The largest absolute Gasteiger partial charge is 0.494 e. The topological polar surface area (TPSA) is 56.8 Å². The molecule has 0 aromatic heterocycles. The second kappa shape index (κ2) is 8.94. The van der Waals surface area contributed by atoms with Gasteiger partial charge in [-0.1, -0.05) is 19.1 Å². The third kappa shape index (κ3) is 5.02. The van der Waals surface area contributed by atoms with Gasteiger partial charge in [-0.2, -0.15) is 0 Å². The molecule has 2 aromatic carbocycles. The van der Waals surface area contributed by atoms with Gasteiger partial charge in [0, 0.05) is 24.3 Å². The number of nitrogens with one attached hydrogen (secondary N) is 1. The van der Waals surface area contributed by atoms with Gasteiger partial charge in [-0.25, -0.2) is 0 Å². The van der Waals surface area contributed by atoms with Gasteiger partial charge in [-0.05, 0) is 42.3 Å². The van der Waals surface area contributed by atoms with Crippen molar-refractivity contribution in [1.29, 1.82) is 0 Å². The van der Waals surface area contributed by atoms with E-state index in [2.05, 4.69) is 12.2 Å². The fraction of sp³-hybridized carbons (Fsp3) is 0.286. The van der Waals surface area contributed by atoms with Crippen LogP contribution in [0.2, 0.25) is 0 Å². The fourth-order valence-corrected chi connectivity index (χ4v) is 2.49. The van der Waals surface area contributed by atoms with Gasteiger partial charge in [0.1, 0.15) is 5.75 Å². The molecular formula is C21H23NO4. The Bertz CT molecular complexity index is 768. The van der Waals surface area contributed by atoms with Crippen molar-refractivity contribution in [2.75, 3.05) is 25.1 Å². The monoisotopic (exact) mass is 353 g/mol. The zero-order valence-electron chi connectivity index (χ0n) is 14.9. The Morgan fingerprint density at radius 1 is 1.12 bits per heavy atom. The molecule has 0 spiro atoms.